The van der Waals surface area contributed by atoms with E-state index in [0.717, 1.165) is 42.1 Å². The van der Waals surface area contributed by atoms with Crippen LogP contribution < -0.4 is 4.74 Å². The predicted molar refractivity (Wildman–Crippen MR) is 106 cm³/mol. The maximum absolute atomic E-state index is 12.9. The Kier molecular flexibility index (Phi) is 5.28. The van der Waals surface area contributed by atoms with E-state index in [1.54, 1.807) is 44.0 Å². The van der Waals surface area contributed by atoms with Crippen LogP contribution in [0, 0.1) is 0 Å². The average Bonchev–Trinajstić information content (AvgIpc) is 2.79. The highest BCUT2D eigenvalue weighted by Crippen LogP contribution is 2.35. The summed E-state index contributed by atoms with van der Waals surface area (Å²) >= 11 is 0. The van der Waals surface area contributed by atoms with E-state index in [-0.39, 0.29) is 11.8 Å². The SMILES string of the molecule is COc1ccccc1-c1nccnc1C1CCCN(C(=O)c2ccncc2)C1. The van der Waals surface area contributed by atoms with Crippen molar-refractivity contribution in [2.45, 2.75) is 18.8 Å². The summed E-state index contributed by atoms with van der Waals surface area (Å²) in [6.45, 7) is 1.38. The van der Waals surface area contributed by atoms with Crippen molar-refractivity contribution in [3.8, 4) is 17.0 Å². The Balaban J connectivity index is 1.64. The number of pyridine rings is 1. The normalized spacial score (nSPS) is 16.6. The largest absolute Gasteiger partial charge is 0.496 e. The van der Waals surface area contributed by atoms with Gasteiger partial charge in [0.05, 0.1) is 18.5 Å². The molecule has 28 heavy (non-hydrogen) atoms. The summed E-state index contributed by atoms with van der Waals surface area (Å²) in [7, 11) is 1.66. The molecule has 1 aliphatic heterocycles. The Labute approximate surface area is 164 Å². The molecule has 0 spiro atoms. The van der Waals surface area contributed by atoms with E-state index in [2.05, 4.69) is 15.0 Å². The number of methoxy groups -OCH3 is 1. The fourth-order valence-electron chi connectivity index (χ4n) is 3.76. The number of rotatable bonds is 4. The number of benzene rings is 1. The number of ether oxygens (including phenoxy) is 1. The highest BCUT2D eigenvalue weighted by Gasteiger charge is 2.29. The zero-order valence-corrected chi connectivity index (χ0v) is 15.8. The first-order valence-electron chi connectivity index (χ1n) is 9.41. The number of hydrogen-bond acceptors (Lipinski definition) is 5. The van der Waals surface area contributed by atoms with Gasteiger partial charge < -0.3 is 9.64 Å². The van der Waals surface area contributed by atoms with Gasteiger partial charge in [-0.2, -0.15) is 0 Å². The zero-order valence-electron chi connectivity index (χ0n) is 15.8. The summed E-state index contributed by atoms with van der Waals surface area (Å²) < 4.78 is 5.52. The molecule has 0 aliphatic carbocycles. The van der Waals surface area contributed by atoms with Crippen LogP contribution >= 0.6 is 0 Å². The van der Waals surface area contributed by atoms with Gasteiger partial charge in [-0.3, -0.25) is 19.7 Å². The van der Waals surface area contributed by atoms with Crippen molar-refractivity contribution in [1.82, 2.24) is 19.9 Å². The van der Waals surface area contributed by atoms with Crippen LogP contribution in [-0.2, 0) is 0 Å². The topological polar surface area (TPSA) is 68.2 Å². The Bertz CT molecular complexity index is 962. The van der Waals surface area contributed by atoms with Crippen molar-refractivity contribution in [1.29, 1.82) is 0 Å². The molecular weight excluding hydrogens is 352 g/mol. The first-order chi connectivity index (χ1) is 13.8. The minimum Gasteiger partial charge on any atom is -0.496 e. The van der Waals surface area contributed by atoms with Gasteiger partial charge in [0.1, 0.15) is 5.75 Å². The summed E-state index contributed by atoms with van der Waals surface area (Å²) in [6.07, 6.45) is 8.63. The number of carbonyl (C=O) groups is 1. The second kappa shape index (κ2) is 8.17. The number of nitrogens with zero attached hydrogens (tertiary/aromatic N) is 4. The molecule has 1 atom stereocenters. The minimum atomic E-state index is 0.0369. The Morgan fingerprint density at radius 1 is 1.07 bits per heavy atom. The molecular formula is C22H22N4O2. The number of piperidine rings is 1. The summed E-state index contributed by atoms with van der Waals surface area (Å²) in [4.78, 5) is 28.0. The first kappa shape index (κ1) is 18.1. The third kappa shape index (κ3) is 3.58. The standard InChI is InChI=1S/C22H22N4O2/c1-28-19-7-3-2-6-18(19)21-20(24-12-13-25-21)17-5-4-14-26(15-17)22(27)16-8-10-23-11-9-16/h2-3,6-13,17H,4-5,14-15H2,1H3. The van der Waals surface area contributed by atoms with Crippen molar-refractivity contribution in [3.63, 3.8) is 0 Å². The second-order valence-electron chi connectivity index (χ2n) is 6.82. The van der Waals surface area contributed by atoms with Gasteiger partial charge in [-0.25, -0.2) is 0 Å². The van der Waals surface area contributed by atoms with Crippen LogP contribution in [0.5, 0.6) is 5.75 Å². The van der Waals surface area contributed by atoms with E-state index in [1.807, 2.05) is 29.2 Å². The molecule has 3 heterocycles. The number of aromatic nitrogens is 3. The lowest BCUT2D eigenvalue weighted by Gasteiger charge is -2.33. The summed E-state index contributed by atoms with van der Waals surface area (Å²) in [5.41, 5.74) is 3.33. The van der Waals surface area contributed by atoms with Crippen LogP contribution in [0.2, 0.25) is 0 Å². The molecule has 1 aliphatic rings. The monoisotopic (exact) mass is 374 g/mol. The Morgan fingerprint density at radius 2 is 1.86 bits per heavy atom. The summed E-state index contributed by atoms with van der Waals surface area (Å²) in [6, 6.07) is 11.3. The fraction of sp³-hybridized carbons (Fsp3) is 0.273. The van der Waals surface area contributed by atoms with Crippen LogP contribution in [0.4, 0.5) is 0 Å². The highest BCUT2D eigenvalue weighted by molar-refractivity contribution is 5.94. The molecule has 3 aromatic rings. The Hall–Kier alpha value is -3.28. The molecule has 0 saturated carbocycles. The van der Waals surface area contributed by atoms with Gasteiger partial charge in [0.2, 0.25) is 0 Å². The second-order valence-corrected chi connectivity index (χ2v) is 6.82. The van der Waals surface area contributed by atoms with Crippen LogP contribution in [0.15, 0.2) is 61.2 Å². The van der Waals surface area contributed by atoms with Crippen LogP contribution in [0.1, 0.15) is 34.8 Å². The van der Waals surface area contributed by atoms with Gasteiger partial charge in [0, 0.05) is 54.9 Å². The van der Waals surface area contributed by atoms with Crippen molar-refractivity contribution >= 4 is 5.91 Å². The lowest BCUT2D eigenvalue weighted by molar-refractivity contribution is 0.0706. The Morgan fingerprint density at radius 3 is 2.68 bits per heavy atom. The van der Waals surface area contributed by atoms with Crippen LogP contribution in [0.3, 0.4) is 0 Å². The molecule has 4 rings (SSSR count). The van der Waals surface area contributed by atoms with Gasteiger partial charge >= 0.3 is 0 Å². The number of para-hydroxylation sites is 1. The maximum Gasteiger partial charge on any atom is 0.253 e. The molecule has 0 N–H and O–H groups in total. The smallest absolute Gasteiger partial charge is 0.253 e. The average molecular weight is 374 g/mol. The quantitative estimate of drug-likeness (QED) is 0.698. The third-order valence-electron chi connectivity index (χ3n) is 5.11. The molecule has 142 valence electrons. The molecule has 1 amide bonds. The van der Waals surface area contributed by atoms with Crippen molar-refractivity contribution in [2.24, 2.45) is 0 Å². The van der Waals surface area contributed by atoms with E-state index in [0.29, 0.717) is 12.1 Å². The molecule has 1 fully saturated rings. The number of hydrogen-bond donors (Lipinski definition) is 0. The molecule has 6 heteroatoms. The number of carbonyl (C=O) groups excluding carboxylic acids is 1. The zero-order chi connectivity index (χ0) is 19.3. The highest BCUT2D eigenvalue weighted by atomic mass is 16.5. The van der Waals surface area contributed by atoms with Crippen molar-refractivity contribution < 1.29 is 9.53 Å². The van der Waals surface area contributed by atoms with E-state index < -0.39 is 0 Å². The van der Waals surface area contributed by atoms with E-state index in [1.165, 1.54) is 0 Å². The van der Waals surface area contributed by atoms with Crippen molar-refractivity contribution in [3.05, 3.63) is 72.4 Å². The molecule has 1 unspecified atom stereocenters. The number of likely N-dealkylation sites (tertiary alicyclic amines) is 1. The molecule has 2 aromatic heterocycles. The van der Waals surface area contributed by atoms with E-state index >= 15 is 0 Å². The lowest BCUT2D eigenvalue weighted by Crippen LogP contribution is -2.39. The van der Waals surface area contributed by atoms with Crippen LogP contribution in [0.25, 0.3) is 11.3 Å². The van der Waals surface area contributed by atoms with Gasteiger partial charge in [-0.15, -0.1) is 0 Å². The minimum absolute atomic E-state index is 0.0369. The molecule has 1 saturated heterocycles. The summed E-state index contributed by atoms with van der Waals surface area (Å²) in [5, 5.41) is 0. The third-order valence-corrected chi connectivity index (χ3v) is 5.11. The molecule has 0 bridgehead atoms. The first-order valence-corrected chi connectivity index (χ1v) is 9.41. The predicted octanol–water partition coefficient (Wildman–Crippen LogP) is 3.57. The molecule has 1 aromatic carbocycles. The van der Waals surface area contributed by atoms with Crippen LogP contribution in [-0.4, -0.2) is 46.0 Å². The fourth-order valence-corrected chi connectivity index (χ4v) is 3.76. The van der Waals surface area contributed by atoms with E-state index in [4.69, 9.17) is 4.74 Å². The van der Waals surface area contributed by atoms with Gasteiger partial charge in [0.15, 0.2) is 0 Å². The molecule has 0 radical (unpaired) electrons. The summed E-state index contributed by atoms with van der Waals surface area (Å²) in [5.74, 6) is 0.938. The lowest BCUT2D eigenvalue weighted by atomic mass is 9.91. The number of amides is 1. The maximum atomic E-state index is 12.9. The van der Waals surface area contributed by atoms with Crippen molar-refractivity contribution in [2.75, 3.05) is 20.2 Å². The van der Waals surface area contributed by atoms with E-state index in [9.17, 15) is 4.79 Å². The van der Waals surface area contributed by atoms with Gasteiger partial charge in [-0.05, 0) is 37.1 Å². The van der Waals surface area contributed by atoms with Gasteiger partial charge in [0.25, 0.3) is 5.91 Å². The molecule has 6 nitrogen and oxygen atoms in total. The van der Waals surface area contributed by atoms with Gasteiger partial charge in [-0.1, -0.05) is 12.1 Å².